The number of benzene rings is 1. The molecule has 0 atom stereocenters. The Labute approximate surface area is 222 Å². The standard InChI is InChI=1S/C27H36FN7OS/c1-5-32(6-2)23-13-14-24(33(7-3)8-4)30-25(23)34-15-17-35(18-16-34)27(36)31-26-29-22(19-37-26)20-9-11-21(28)12-10-20/h9-14,19H,5-8,15-18H2,1-4H3,(H,29,31,36). The number of piperazine rings is 1. The molecule has 8 nitrogen and oxygen atoms in total. The molecule has 0 saturated carbocycles. The topological polar surface area (TPSA) is 67.8 Å². The number of carbonyl (C=O) groups is 1. The second kappa shape index (κ2) is 12.2. The quantitative estimate of drug-likeness (QED) is 0.404. The Hall–Kier alpha value is -3.40. The molecule has 198 valence electrons. The lowest BCUT2D eigenvalue weighted by Crippen LogP contribution is -2.50. The molecule has 0 spiro atoms. The van der Waals surface area contributed by atoms with E-state index in [1.165, 1.54) is 23.5 Å². The van der Waals surface area contributed by atoms with E-state index < -0.39 is 0 Å². The van der Waals surface area contributed by atoms with E-state index in [1.807, 2.05) is 10.3 Å². The van der Waals surface area contributed by atoms with E-state index in [0.29, 0.717) is 37.0 Å². The number of nitrogens with one attached hydrogen (secondary N) is 1. The number of urea groups is 1. The number of anilines is 4. The number of carbonyl (C=O) groups excluding carboxylic acids is 1. The number of amides is 2. The first-order valence-electron chi connectivity index (χ1n) is 13.0. The third-order valence-corrected chi connectivity index (χ3v) is 7.51. The lowest BCUT2D eigenvalue weighted by molar-refractivity contribution is 0.208. The molecule has 1 aliphatic rings. The van der Waals surface area contributed by atoms with E-state index in [1.54, 1.807) is 12.1 Å². The van der Waals surface area contributed by atoms with E-state index in [-0.39, 0.29) is 11.8 Å². The van der Waals surface area contributed by atoms with Crippen LogP contribution in [0.25, 0.3) is 11.3 Å². The Kier molecular flexibility index (Phi) is 8.81. The number of thiazole rings is 1. The zero-order valence-corrected chi connectivity index (χ0v) is 22.9. The van der Waals surface area contributed by atoms with Gasteiger partial charge in [-0.05, 0) is 64.1 Å². The zero-order valence-electron chi connectivity index (χ0n) is 22.1. The van der Waals surface area contributed by atoms with Gasteiger partial charge in [-0.3, -0.25) is 5.32 Å². The Morgan fingerprint density at radius 2 is 1.57 bits per heavy atom. The first-order chi connectivity index (χ1) is 18.0. The van der Waals surface area contributed by atoms with Gasteiger partial charge < -0.3 is 19.6 Å². The molecule has 1 saturated heterocycles. The van der Waals surface area contributed by atoms with E-state index >= 15 is 0 Å². The monoisotopic (exact) mass is 525 g/mol. The molecule has 4 rings (SSSR count). The van der Waals surface area contributed by atoms with Crippen LogP contribution in [0.2, 0.25) is 0 Å². The first-order valence-corrected chi connectivity index (χ1v) is 13.9. The van der Waals surface area contributed by atoms with Gasteiger partial charge >= 0.3 is 6.03 Å². The summed E-state index contributed by atoms with van der Waals surface area (Å²) in [5.74, 6) is 1.68. The highest BCUT2D eigenvalue weighted by Crippen LogP contribution is 2.31. The van der Waals surface area contributed by atoms with Crippen molar-refractivity contribution in [3.63, 3.8) is 0 Å². The summed E-state index contributed by atoms with van der Waals surface area (Å²) >= 11 is 1.36. The molecule has 0 radical (unpaired) electrons. The summed E-state index contributed by atoms with van der Waals surface area (Å²) in [4.78, 5) is 31.3. The number of halogens is 1. The van der Waals surface area contributed by atoms with Crippen LogP contribution in [0.4, 0.5) is 31.6 Å². The van der Waals surface area contributed by atoms with Gasteiger partial charge in [-0.25, -0.2) is 19.2 Å². The molecule has 0 unspecified atom stereocenters. The molecule has 10 heteroatoms. The Morgan fingerprint density at radius 3 is 2.19 bits per heavy atom. The second-order valence-electron chi connectivity index (χ2n) is 8.81. The second-order valence-corrected chi connectivity index (χ2v) is 9.66. The number of hydrogen-bond donors (Lipinski definition) is 1. The number of rotatable bonds is 9. The van der Waals surface area contributed by atoms with E-state index in [9.17, 15) is 9.18 Å². The lowest BCUT2D eigenvalue weighted by atomic mass is 10.2. The predicted octanol–water partition coefficient (Wildman–Crippen LogP) is 5.39. The van der Waals surface area contributed by atoms with E-state index in [0.717, 1.165) is 49.1 Å². The highest BCUT2D eigenvalue weighted by Gasteiger charge is 2.26. The van der Waals surface area contributed by atoms with Crippen molar-refractivity contribution < 1.29 is 9.18 Å². The van der Waals surface area contributed by atoms with Gasteiger partial charge in [-0.1, -0.05) is 0 Å². The Morgan fingerprint density at radius 1 is 0.919 bits per heavy atom. The number of hydrogen-bond acceptors (Lipinski definition) is 7. The summed E-state index contributed by atoms with van der Waals surface area (Å²) in [6.45, 7) is 14.8. The first kappa shape index (κ1) is 26.7. The average molecular weight is 526 g/mol. The van der Waals surface area contributed by atoms with E-state index in [4.69, 9.17) is 4.98 Å². The number of nitrogens with zero attached hydrogens (tertiary/aromatic N) is 6. The van der Waals surface area contributed by atoms with Gasteiger partial charge in [0.15, 0.2) is 10.9 Å². The molecule has 0 bridgehead atoms. The van der Waals surface area contributed by atoms with Crippen LogP contribution in [-0.4, -0.2) is 73.3 Å². The molecule has 3 heterocycles. The highest BCUT2D eigenvalue weighted by atomic mass is 32.1. The largest absolute Gasteiger partial charge is 0.369 e. The van der Waals surface area contributed by atoms with Crippen molar-refractivity contribution >= 4 is 39.8 Å². The molecular formula is C27H36FN7OS. The fraction of sp³-hybridized carbons (Fsp3) is 0.444. The van der Waals surface area contributed by atoms with Crippen LogP contribution in [0.5, 0.6) is 0 Å². The van der Waals surface area contributed by atoms with Crippen LogP contribution in [0.1, 0.15) is 27.7 Å². The minimum atomic E-state index is -0.286. The lowest BCUT2D eigenvalue weighted by Gasteiger charge is -2.38. The summed E-state index contributed by atoms with van der Waals surface area (Å²) in [6, 6.07) is 10.3. The Bertz CT molecular complexity index is 1170. The molecular weight excluding hydrogens is 489 g/mol. The number of pyridine rings is 1. The normalized spacial score (nSPS) is 13.5. The van der Waals surface area contributed by atoms with Crippen molar-refractivity contribution in [2.75, 3.05) is 72.4 Å². The molecule has 1 aromatic carbocycles. The summed E-state index contributed by atoms with van der Waals surface area (Å²) in [5, 5.41) is 5.32. The van der Waals surface area contributed by atoms with Crippen LogP contribution < -0.4 is 20.0 Å². The van der Waals surface area contributed by atoms with Gasteiger partial charge in [0.1, 0.15) is 11.6 Å². The summed E-state index contributed by atoms with van der Waals surface area (Å²) in [6.07, 6.45) is 0. The van der Waals surface area contributed by atoms with Crippen LogP contribution in [0.3, 0.4) is 0 Å². The molecule has 1 aliphatic heterocycles. The van der Waals surface area contributed by atoms with Crippen molar-refractivity contribution in [2.45, 2.75) is 27.7 Å². The van der Waals surface area contributed by atoms with Crippen LogP contribution in [0, 0.1) is 5.82 Å². The van der Waals surface area contributed by atoms with Crippen molar-refractivity contribution in [1.29, 1.82) is 0 Å². The summed E-state index contributed by atoms with van der Waals surface area (Å²) < 4.78 is 13.2. The summed E-state index contributed by atoms with van der Waals surface area (Å²) in [7, 11) is 0. The Balaban J connectivity index is 1.43. The maximum Gasteiger partial charge on any atom is 0.323 e. The van der Waals surface area contributed by atoms with Crippen molar-refractivity contribution in [3.05, 3.63) is 47.6 Å². The van der Waals surface area contributed by atoms with Crippen LogP contribution in [0.15, 0.2) is 41.8 Å². The maximum absolute atomic E-state index is 13.2. The minimum Gasteiger partial charge on any atom is -0.369 e. The SMILES string of the molecule is CCN(CC)c1ccc(N(CC)CC)c(N2CCN(C(=O)Nc3nc(-c4ccc(F)cc4)cs3)CC2)n1. The molecule has 3 aromatic rings. The van der Waals surface area contributed by atoms with Gasteiger partial charge in [-0.15, -0.1) is 11.3 Å². The molecule has 1 N–H and O–H groups in total. The molecule has 2 aromatic heterocycles. The van der Waals surface area contributed by atoms with Crippen LogP contribution >= 0.6 is 11.3 Å². The molecule has 37 heavy (non-hydrogen) atoms. The van der Waals surface area contributed by atoms with Crippen molar-refractivity contribution in [3.8, 4) is 11.3 Å². The third-order valence-electron chi connectivity index (χ3n) is 6.76. The van der Waals surface area contributed by atoms with Crippen molar-refractivity contribution in [1.82, 2.24) is 14.9 Å². The number of aromatic nitrogens is 2. The third kappa shape index (κ3) is 6.12. The maximum atomic E-state index is 13.2. The smallest absolute Gasteiger partial charge is 0.323 e. The molecule has 2 amide bonds. The van der Waals surface area contributed by atoms with Gasteiger partial charge in [0.25, 0.3) is 0 Å². The van der Waals surface area contributed by atoms with Gasteiger partial charge in [-0.2, -0.15) is 0 Å². The predicted molar refractivity (Wildman–Crippen MR) is 152 cm³/mol. The van der Waals surface area contributed by atoms with Gasteiger partial charge in [0, 0.05) is 63.3 Å². The van der Waals surface area contributed by atoms with E-state index in [2.05, 4.69) is 64.8 Å². The molecule has 1 fully saturated rings. The van der Waals surface area contributed by atoms with Gasteiger partial charge in [0.2, 0.25) is 0 Å². The van der Waals surface area contributed by atoms with Crippen molar-refractivity contribution in [2.24, 2.45) is 0 Å². The van der Waals surface area contributed by atoms with Crippen LogP contribution in [-0.2, 0) is 0 Å². The molecule has 0 aliphatic carbocycles. The summed E-state index contributed by atoms with van der Waals surface area (Å²) in [5.41, 5.74) is 2.67. The fourth-order valence-corrected chi connectivity index (χ4v) is 5.28. The van der Waals surface area contributed by atoms with Gasteiger partial charge in [0.05, 0.1) is 11.4 Å². The zero-order chi connectivity index (χ0) is 26.4. The fourth-order valence-electron chi connectivity index (χ4n) is 4.57. The average Bonchev–Trinajstić information content (AvgIpc) is 3.39. The highest BCUT2D eigenvalue weighted by molar-refractivity contribution is 7.14. The minimum absolute atomic E-state index is 0.159.